The van der Waals surface area contributed by atoms with Crippen molar-refractivity contribution in [3.05, 3.63) is 40.5 Å². The molecule has 0 saturated heterocycles. The van der Waals surface area contributed by atoms with Crippen LogP contribution in [-0.4, -0.2) is 26.0 Å². The van der Waals surface area contributed by atoms with E-state index in [0.717, 1.165) is 5.69 Å². The standard InChI is InChI=1S/C16H17N5O2S/c1-8(2)15-19-13(21-23-15)11-5-9(3)17-12(6-11)14(22)20-16-18-10(4)7-24-16/h5-8H,1-4H3,(H,18,20,22). The van der Waals surface area contributed by atoms with Gasteiger partial charge >= 0.3 is 0 Å². The maximum Gasteiger partial charge on any atom is 0.276 e. The van der Waals surface area contributed by atoms with Gasteiger partial charge < -0.3 is 4.52 Å². The van der Waals surface area contributed by atoms with Gasteiger partial charge in [0.05, 0.1) is 5.69 Å². The number of amides is 1. The summed E-state index contributed by atoms with van der Waals surface area (Å²) < 4.78 is 5.23. The van der Waals surface area contributed by atoms with Gasteiger partial charge in [-0.1, -0.05) is 19.0 Å². The molecule has 0 aliphatic heterocycles. The van der Waals surface area contributed by atoms with E-state index in [4.69, 9.17) is 4.52 Å². The second kappa shape index (κ2) is 6.48. The molecule has 0 bridgehead atoms. The van der Waals surface area contributed by atoms with E-state index < -0.39 is 0 Å². The predicted octanol–water partition coefficient (Wildman–Crippen LogP) is 3.58. The van der Waals surface area contributed by atoms with Gasteiger partial charge in [0.1, 0.15) is 5.69 Å². The Morgan fingerprint density at radius 1 is 1.17 bits per heavy atom. The summed E-state index contributed by atoms with van der Waals surface area (Å²) in [4.78, 5) is 25.3. The molecule has 0 unspecified atom stereocenters. The Kier molecular flexibility index (Phi) is 4.39. The number of thiazole rings is 1. The predicted molar refractivity (Wildman–Crippen MR) is 91.2 cm³/mol. The smallest absolute Gasteiger partial charge is 0.276 e. The molecule has 0 aliphatic carbocycles. The molecule has 1 N–H and O–H groups in total. The highest BCUT2D eigenvalue weighted by Crippen LogP contribution is 2.22. The molecule has 1 amide bonds. The molecule has 0 fully saturated rings. The Bertz CT molecular complexity index is 884. The molecule has 3 aromatic heterocycles. The van der Waals surface area contributed by atoms with Crippen LogP contribution in [0.15, 0.2) is 22.0 Å². The van der Waals surface area contributed by atoms with Gasteiger partial charge in [0.2, 0.25) is 11.7 Å². The van der Waals surface area contributed by atoms with Crippen LogP contribution in [0.2, 0.25) is 0 Å². The Morgan fingerprint density at radius 3 is 2.58 bits per heavy atom. The SMILES string of the molecule is Cc1cc(-c2noc(C(C)C)n2)cc(C(=O)Nc2nc(C)cs2)n1. The number of rotatable bonds is 4. The third-order valence-electron chi connectivity index (χ3n) is 3.22. The summed E-state index contributed by atoms with van der Waals surface area (Å²) in [6.07, 6.45) is 0. The summed E-state index contributed by atoms with van der Waals surface area (Å²) in [6.45, 7) is 7.64. The van der Waals surface area contributed by atoms with Crippen LogP contribution in [0.25, 0.3) is 11.4 Å². The number of hydrogen-bond donors (Lipinski definition) is 1. The lowest BCUT2D eigenvalue weighted by Crippen LogP contribution is -2.14. The van der Waals surface area contributed by atoms with Crippen LogP contribution in [0.4, 0.5) is 5.13 Å². The van der Waals surface area contributed by atoms with E-state index in [1.165, 1.54) is 11.3 Å². The second-order valence-corrected chi connectivity index (χ2v) is 6.60. The summed E-state index contributed by atoms with van der Waals surface area (Å²) >= 11 is 1.37. The molecule has 3 heterocycles. The first-order valence-electron chi connectivity index (χ1n) is 7.48. The van der Waals surface area contributed by atoms with Crippen molar-refractivity contribution in [3.63, 3.8) is 0 Å². The molecule has 3 rings (SSSR count). The maximum absolute atomic E-state index is 12.4. The minimum absolute atomic E-state index is 0.144. The molecule has 124 valence electrons. The van der Waals surface area contributed by atoms with Crippen LogP contribution in [0.3, 0.4) is 0 Å². The van der Waals surface area contributed by atoms with Gasteiger partial charge in [-0.2, -0.15) is 4.98 Å². The van der Waals surface area contributed by atoms with Crippen LogP contribution < -0.4 is 5.32 Å². The highest BCUT2D eigenvalue weighted by atomic mass is 32.1. The zero-order valence-electron chi connectivity index (χ0n) is 13.8. The van der Waals surface area contributed by atoms with Crippen LogP contribution in [-0.2, 0) is 0 Å². The lowest BCUT2D eigenvalue weighted by Gasteiger charge is -2.04. The van der Waals surface area contributed by atoms with Gasteiger partial charge in [-0.15, -0.1) is 11.3 Å². The molecule has 0 aliphatic rings. The summed E-state index contributed by atoms with van der Waals surface area (Å²) in [5, 5.41) is 9.15. The van der Waals surface area contributed by atoms with E-state index in [0.29, 0.717) is 28.1 Å². The number of nitrogens with one attached hydrogen (secondary N) is 1. The Labute approximate surface area is 143 Å². The molecular weight excluding hydrogens is 326 g/mol. The van der Waals surface area contributed by atoms with Crippen LogP contribution in [0, 0.1) is 13.8 Å². The van der Waals surface area contributed by atoms with Crippen molar-refractivity contribution >= 4 is 22.4 Å². The van der Waals surface area contributed by atoms with E-state index >= 15 is 0 Å². The van der Waals surface area contributed by atoms with E-state index in [-0.39, 0.29) is 17.5 Å². The Hall–Kier alpha value is -2.61. The number of nitrogens with zero attached hydrogens (tertiary/aromatic N) is 4. The van der Waals surface area contributed by atoms with E-state index in [9.17, 15) is 4.79 Å². The number of anilines is 1. The van der Waals surface area contributed by atoms with Gasteiger partial charge in [0.15, 0.2) is 5.13 Å². The molecule has 0 radical (unpaired) electrons. The molecule has 24 heavy (non-hydrogen) atoms. The molecule has 0 spiro atoms. The number of carbonyl (C=O) groups is 1. The Morgan fingerprint density at radius 2 is 1.96 bits per heavy atom. The molecular formula is C16H17N5O2S. The third-order valence-corrected chi connectivity index (χ3v) is 4.09. The van der Waals surface area contributed by atoms with Gasteiger partial charge in [-0.05, 0) is 26.0 Å². The van der Waals surface area contributed by atoms with Crippen molar-refractivity contribution in [2.45, 2.75) is 33.6 Å². The van der Waals surface area contributed by atoms with Crippen LogP contribution in [0.5, 0.6) is 0 Å². The number of aryl methyl sites for hydroxylation is 2. The quantitative estimate of drug-likeness (QED) is 0.778. The van der Waals surface area contributed by atoms with Crippen molar-refractivity contribution in [1.29, 1.82) is 0 Å². The average molecular weight is 343 g/mol. The van der Waals surface area contributed by atoms with Crippen molar-refractivity contribution in [2.24, 2.45) is 0 Å². The molecule has 0 saturated carbocycles. The minimum Gasteiger partial charge on any atom is -0.339 e. The first-order valence-corrected chi connectivity index (χ1v) is 8.36. The fourth-order valence-corrected chi connectivity index (χ4v) is 2.76. The number of carbonyl (C=O) groups excluding carboxylic acids is 1. The maximum atomic E-state index is 12.4. The molecule has 7 nitrogen and oxygen atoms in total. The number of aromatic nitrogens is 4. The zero-order chi connectivity index (χ0) is 17.3. The van der Waals surface area contributed by atoms with Gasteiger partial charge in [0.25, 0.3) is 5.91 Å². The van der Waals surface area contributed by atoms with E-state index in [1.54, 1.807) is 6.07 Å². The summed E-state index contributed by atoms with van der Waals surface area (Å²) in [5.41, 5.74) is 2.54. The molecule has 0 atom stereocenters. The van der Waals surface area contributed by atoms with Crippen molar-refractivity contribution < 1.29 is 9.32 Å². The fraction of sp³-hybridized carbons (Fsp3) is 0.312. The Balaban J connectivity index is 1.89. The van der Waals surface area contributed by atoms with E-state index in [1.807, 2.05) is 39.1 Å². The topological polar surface area (TPSA) is 93.8 Å². The largest absolute Gasteiger partial charge is 0.339 e. The lowest BCUT2D eigenvalue weighted by molar-refractivity contribution is 0.102. The summed E-state index contributed by atoms with van der Waals surface area (Å²) in [6, 6.07) is 3.47. The van der Waals surface area contributed by atoms with E-state index in [2.05, 4.69) is 25.4 Å². The number of pyridine rings is 1. The van der Waals surface area contributed by atoms with Gasteiger partial charge in [-0.25, -0.2) is 9.97 Å². The molecule has 0 aromatic carbocycles. The fourth-order valence-electron chi connectivity index (χ4n) is 2.07. The normalized spacial score (nSPS) is 11.0. The summed E-state index contributed by atoms with van der Waals surface area (Å²) in [7, 11) is 0. The van der Waals surface area contributed by atoms with Crippen molar-refractivity contribution in [2.75, 3.05) is 5.32 Å². The lowest BCUT2D eigenvalue weighted by atomic mass is 10.1. The highest BCUT2D eigenvalue weighted by Gasteiger charge is 2.16. The third kappa shape index (κ3) is 3.48. The number of hydrogen-bond acceptors (Lipinski definition) is 7. The first kappa shape index (κ1) is 16.3. The van der Waals surface area contributed by atoms with Gasteiger partial charge in [-0.3, -0.25) is 10.1 Å². The van der Waals surface area contributed by atoms with Crippen molar-refractivity contribution in [3.8, 4) is 11.4 Å². The molecule has 8 heteroatoms. The first-order chi connectivity index (χ1) is 11.4. The molecule has 3 aromatic rings. The monoisotopic (exact) mass is 343 g/mol. The minimum atomic E-state index is -0.318. The zero-order valence-corrected chi connectivity index (χ0v) is 14.6. The highest BCUT2D eigenvalue weighted by molar-refractivity contribution is 7.13. The average Bonchev–Trinajstić information content (AvgIpc) is 3.16. The summed E-state index contributed by atoms with van der Waals surface area (Å²) in [5.74, 6) is 0.832. The van der Waals surface area contributed by atoms with Crippen molar-refractivity contribution in [1.82, 2.24) is 20.1 Å². The second-order valence-electron chi connectivity index (χ2n) is 5.74. The van der Waals surface area contributed by atoms with Crippen LogP contribution >= 0.6 is 11.3 Å². The van der Waals surface area contributed by atoms with Crippen LogP contribution in [0.1, 0.15) is 47.5 Å². The van der Waals surface area contributed by atoms with Gasteiger partial charge in [0, 0.05) is 22.6 Å².